The lowest BCUT2D eigenvalue weighted by Crippen LogP contribution is -2.32. The molecule has 0 radical (unpaired) electrons. The highest BCUT2D eigenvalue weighted by Gasteiger charge is 2.03. The minimum atomic E-state index is -0.289. The molecule has 1 rings (SSSR count). The molecule has 0 fully saturated rings. The summed E-state index contributed by atoms with van der Waals surface area (Å²) in [5.41, 5.74) is 1.27. The topological polar surface area (TPSA) is 67.4 Å². The summed E-state index contributed by atoms with van der Waals surface area (Å²) in [6.07, 6.45) is 0.156. The van der Waals surface area contributed by atoms with Crippen molar-refractivity contribution in [2.75, 3.05) is 18.5 Å². The van der Waals surface area contributed by atoms with Crippen molar-refractivity contribution in [3.05, 3.63) is 29.8 Å². The summed E-state index contributed by atoms with van der Waals surface area (Å²) in [5.74, 6) is 0.00170. The van der Waals surface area contributed by atoms with Gasteiger partial charge in [-0.15, -0.1) is 0 Å². The summed E-state index contributed by atoms with van der Waals surface area (Å²) < 4.78 is 5.30. The first-order valence-corrected chi connectivity index (χ1v) is 6.26. The number of urea groups is 1. The van der Waals surface area contributed by atoms with Gasteiger partial charge in [0.05, 0.1) is 12.7 Å². The van der Waals surface area contributed by atoms with E-state index < -0.39 is 0 Å². The average Bonchev–Trinajstić information content (AvgIpc) is 2.35. The number of hydrogen-bond acceptors (Lipinski definition) is 3. The Labute approximate surface area is 113 Å². The van der Waals surface area contributed by atoms with Crippen LogP contribution in [0.3, 0.4) is 0 Å². The van der Waals surface area contributed by atoms with E-state index >= 15 is 0 Å². The molecular weight excluding hydrogens is 244 g/mol. The van der Waals surface area contributed by atoms with Crippen LogP contribution in [0, 0.1) is 0 Å². The molecule has 2 N–H and O–H groups in total. The second-order valence-corrected chi connectivity index (χ2v) is 4.43. The SMILES string of the molecule is CC(=O)c1ccc(NC(=O)NCCOC(C)C)cc1. The van der Waals surface area contributed by atoms with Crippen LogP contribution in [-0.2, 0) is 4.74 Å². The van der Waals surface area contributed by atoms with Crippen LogP contribution in [0.25, 0.3) is 0 Å². The molecule has 1 aromatic rings. The Bertz CT molecular complexity index is 427. The Morgan fingerprint density at radius 1 is 1.21 bits per heavy atom. The molecule has 104 valence electrons. The Hall–Kier alpha value is -1.88. The van der Waals surface area contributed by atoms with Crippen molar-refractivity contribution in [2.24, 2.45) is 0 Å². The largest absolute Gasteiger partial charge is 0.377 e. The number of carbonyl (C=O) groups is 2. The maximum absolute atomic E-state index is 11.5. The van der Waals surface area contributed by atoms with E-state index in [-0.39, 0.29) is 17.9 Å². The van der Waals surface area contributed by atoms with E-state index in [4.69, 9.17) is 4.74 Å². The van der Waals surface area contributed by atoms with Gasteiger partial charge in [0.25, 0.3) is 0 Å². The van der Waals surface area contributed by atoms with Gasteiger partial charge in [0, 0.05) is 17.8 Å². The van der Waals surface area contributed by atoms with Crippen LogP contribution in [0.15, 0.2) is 24.3 Å². The van der Waals surface area contributed by atoms with E-state index in [1.165, 1.54) is 6.92 Å². The number of ketones is 1. The lowest BCUT2D eigenvalue weighted by molar-refractivity contribution is 0.0820. The molecule has 0 saturated heterocycles. The van der Waals surface area contributed by atoms with Crippen molar-refractivity contribution < 1.29 is 14.3 Å². The number of nitrogens with one attached hydrogen (secondary N) is 2. The van der Waals surface area contributed by atoms with E-state index in [1.54, 1.807) is 24.3 Å². The van der Waals surface area contributed by atoms with Crippen molar-refractivity contribution in [2.45, 2.75) is 26.9 Å². The van der Waals surface area contributed by atoms with Gasteiger partial charge in [-0.2, -0.15) is 0 Å². The molecule has 1 aromatic carbocycles. The van der Waals surface area contributed by atoms with Crippen molar-refractivity contribution in [3.8, 4) is 0 Å². The molecule has 0 heterocycles. The highest BCUT2D eigenvalue weighted by Crippen LogP contribution is 2.09. The third kappa shape index (κ3) is 6.01. The third-order valence-electron chi connectivity index (χ3n) is 2.39. The van der Waals surface area contributed by atoms with Gasteiger partial charge in [-0.1, -0.05) is 0 Å². The van der Waals surface area contributed by atoms with Crippen molar-refractivity contribution >= 4 is 17.5 Å². The summed E-state index contributed by atoms with van der Waals surface area (Å²) in [6.45, 7) is 6.32. The van der Waals surface area contributed by atoms with E-state index in [1.807, 2.05) is 13.8 Å². The maximum Gasteiger partial charge on any atom is 0.319 e. The quantitative estimate of drug-likeness (QED) is 0.612. The smallest absolute Gasteiger partial charge is 0.319 e. The van der Waals surface area contributed by atoms with Crippen molar-refractivity contribution in [1.82, 2.24) is 5.32 Å². The molecule has 0 spiro atoms. The van der Waals surface area contributed by atoms with Crippen molar-refractivity contribution in [3.63, 3.8) is 0 Å². The summed E-state index contributed by atoms with van der Waals surface area (Å²) in [6, 6.07) is 6.46. The first-order chi connectivity index (χ1) is 8.99. The minimum Gasteiger partial charge on any atom is -0.377 e. The number of ether oxygens (including phenoxy) is 1. The molecular formula is C14H20N2O3. The molecule has 2 amide bonds. The molecule has 0 atom stereocenters. The van der Waals surface area contributed by atoms with Gasteiger partial charge in [0.15, 0.2) is 5.78 Å². The molecule has 0 aliphatic heterocycles. The number of Topliss-reactive ketones (excluding diaryl/α,β-unsaturated/α-hetero) is 1. The van der Waals surface area contributed by atoms with Gasteiger partial charge in [-0.05, 0) is 45.0 Å². The summed E-state index contributed by atoms with van der Waals surface area (Å²) >= 11 is 0. The molecule has 0 aromatic heterocycles. The standard InChI is InChI=1S/C14H20N2O3/c1-10(2)19-9-8-15-14(18)16-13-6-4-12(5-7-13)11(3)17/h4-7,10H,8-9H2,1-3H3,(H2,15,16,18). The van der Waals surface area contributed by atoms with Crippen LogP contribution in [0.2, 0.25) is 0 Å². The lowest BCUT2D eigenvalue weighted by atomic mass is 10.1. The Morgan fingerprint density at radius 3 is 2.37 bits per heavy atom. The number of rotatable bonds is 6. The second-order valence-electron chi connectivity index (χ2n) is 4.43. The number of benzene rings is 1. The molecule has 0 unspecified atom stereocenters. The highest BCUT2D eigenvalue weighted by molar-refractivity contribution is 5.95. The maximum atomic E-state index is 11.5. The van der Waals surface area contributed by atoms with E-state index in [0.29, 0.717) is 24.4 Å². The second kappa shape index (κ2) is 7.53. The Kier molecular flexibility index (Phi) is 6.02. The minimum absolute atomic E-state index is 0.00170. The van der Waals surface area contributed by atoms with E-state index in [9.17, 15) is 9.59 Å². The van der Waals surface area contributed by atoms with Gasteiger partial charge >= 0.3 is 6.03 Å². The van der Waals surface area contributed by atoms with Gasteiger partial charge in [-0.25, -0.2) is 4.79 Å². The first kappa shape index (κ1) is 15.2. The van der Waals surface area contributed by atoms with E-state index in [2.05, 4.69) is 10.6 Å². The van der Waals surface area contributed by atoms with Crippen LogP contribution in [-0.4, -0.2) is 31.1 Å². The fourth-order valence-electron chi connectivity index (χ4n) is 1.42. The van der Waals surface area contributed by atoms with Gasteiger partial charge in [0.2, 0.25) is 0 Å². The monoisotopic (exact) mass is 264 g/mol. The predicted octanol–water partition coefficient (Wildman–Crippen LogP) is 2.44. The fraction of sp³-hybridized carbons (Fsp3) is 0.429. The first-order valence-electron chi connectivity index (χ1n) is 6.26. The highest BCUT2D eigenvalue weighted by atomic mass is 16.5. The summed E-state index contributed by atoms with van der Waals surface area (Å²) in [7, 11) is 0. The van der Waals surface area contributed by atoms with Gasteiger partial charge in [-0.3, -0.25) is 4.79 Å². The third-order valence-corrected chi connectivity index (χ3v) is 2.39. The fourth-order valence-corrected chi connectivity index (χ4v) is 1.42. The zero-order valence-electron chi connectivity index (χ0n) is 11.5. The average molecular weight is 264 g/mol. The van der Waals surface area contributed by atoms with Crippen LogP contribution in [0.1, 0.15) is 31.1 Å². The zero-order chi connectivity index (χ0) is 14.3. The van der Waals surface area contributed by atoms with E-state index in [0.717, 1.165) is 0 Å². The molecule has 5 nitrogen and oxygen atoms in total. The molecule has 19 heavy (non-hydrogen) atoms. The molecule has 0 saturated carbocycles. The lowest BCUT2D eigenvalue weighted by Gasteiger charge is -2.10. The number of carbonyl (C=O) groups excluding carboxylic acids is 2. The van der Waals surface area contributed by atoms with Crippen LogP contribution in [0.5, 0.6) is 0 Å². The summed E-state index contributed by atoms with van der Waals surface area (Å²) in [4.78, 5) is 22.6. The van der Waals surface area contributed by atoms with Gasteiger partial charge < -0.3 is 15.4 Å². The molecule has 5 heteroatoms. The number of amides is 2. The summed E-state index contributed by atoms with van der Waals surface area (Å²) in [5, 5.41) is 5.36. The molecule has 0 aliphatic rings. The van der Waals surface area contributed by atoms with Crippen molar-refractivity contribution in [1.29, 1.82) is 0 Å². The normalized spacial score (nSPS) is 10.3. The molecule has 0 bridgehead atoms. The van der Waals surface area contributed by atoms with Crippen LogP contribution >= 0.6 is 0 Å². The van der Waals surface area contributed by atoms with Crippen LogP contribution in [0.4, 0.5) is 10.5 Å². The van der Waals surface area contributed by atoms with Crippen LogP contribution < -0.4 is 10.6 Å². The molecule has 0 aliphatic carbocycles. The zero-order valence-corrected chi connectivity index (χ0v) is 11.5. The predicted molar refractivity (Wildman–Crippen MR) is 74.6 cm³/mol. The number of hydrogen-bond donors (Lipinski definition) is 2. The Morgan fingerprint density at radius 2 is 1.84 bits per heavy atom. The Balaban J connectivity index is 2.34. The number of anilines is 1. The van der Waals surface area contributed by atoms with Gasteiger partial charge in [0.1, 0.15) is 0 Å².